The van der Waals surface area contributed by atoms with Gasteiger partial charge < -0.3 is 33.3 Å². The summed E-state index contributed by atoms with van der Waals surface area (Å²) >= 11 is 0. The van der Waals surface area contributed by atoms with Crippen LogP contribution in [0, 0.1) is 5.41 Å². The Balaban J connectivity index is 3.53. The molecule has 0 aromatic rings. The minimum absolute atomic E-state index is 0.0589. The largest absolute Gasteiger partial charge is 0.466 e. The Hall–Kier alpha value is -1.10. The molecule has 0 unspecified atom stereocenters. The van der Waals surface area contributed by atoms with E-state index in [1.165, 1.54) is 20.3 Å². The fourth-order valence-corrected chi connectivity index (χ4v) is 7.57. The lowest BCUT2D eigenvalue weighted by atomic mass is 9.71. The van der Waals surface area contributed by atoms with Gasteiger partial charge in [-0.1, -0.05) is 40.7 Å². The minimum atomic E-state index is -2.13. The third kappa shape index (κ3) is 6.52. The van der Waals surface area contributed by atoms with Crippen LogP contribution in [0.4, 0.5) is 0 Å². The van der Waals surface area contributed by atoms with Crippen LogP contribution in [0.5, 0.6) is 0 Å². The Kier molecular flexibility index (Phi) is 11.9. The van der Waals surface area contributed by atoms with Crippen molar-refractivity contribution < 1.29 is 38.1 Å². The summed E-state index contributed by atoms with van der Waals surface area (Å²) in [6.07, 6.45) is 2.29. The molecule has 192 valence electrons. The monoisotopic (exact) mass is 488 g/mol. The number of carbonyl (C=O) groups is 2. The quantitative estimate of drug-likeness (QED) is 0.171. The molecule has 0 bridgehead atoms. The SMILES string of the molecule is CC[Si](CC)(CC)O[C@@H]1[C@H](OC)C[C@H](C/C=C/C(=O)OC)O[C@]1(OC)C(C)(C)[C@@H](O)CC=O. The molecule has 0 aromatic carbocycles. The van der Waals surface area contributed by atoms with Crippen molar-refractivity contribution >= 4 is 20.6 Å². The van der Waals surface area contributed by atoms with Gasteiger partial charge in [-0.3, -0.25) is 0 Å². The van der Waals surface area contributed by atoms with Gasteiger partial charge in [0.2, 0.25) is 5.79 Å². The van der Waals surface area contributed by atoms with Gasteiger partial charge >= 0.3 is 5.97 Å². The number of methoxy groups -OCH3 is 3. The number of ether oxygens (including phenoxy) is 4. The van der Waals surface area contributed by atoms with Crippen LogP contribution < -0.4 is 0 Å². The molecule has 9 heteroatoms. The van der Waals surface area contributed by atoms with Gasteiger partial charge in [0.25, 0.3) is 0 Å². The highest BCUT2D eigenvalue weighted by Gasteiger charge is 2.63. The molecule has 0 amide bonds. The van der Waals surface area contributed by atoms with E-state index in [0.29, 0.717) is 19.1 Å². The number of aliphatic hydroxyl groups excluding tert-OH is 1. The number of hydrogen-bond acceptors (Lipinski definition) is 8. The van der Waals surface area contributed by atoms with Crippen LogP contribution in [0.15, 0.2) is 12.2 Å². The lowest BCUT2D eigenvalue weighted by Gasteiger charge is -2.58. The molecule has 1 saturated heterocycles. The highest BCUT2D eigenvalue weighted by atomic mass is 28.4. The molecule has 5 atom stereocenters. The van der Waals surface area contributed by atoms with E-state index in [2.05, 4.69) is 25.5 Å². The molecule has 1 aliphatic heterocycles. The zero-order valence-corrected chi connectivity index (χ0v) is 22.6. The van der Waals surface area contributed by atoms with Gasteiger partial charge in [0.1, 0.15) is 12.4 Å². The summed E-state index contributed by atoms with van der Waals surface area (Å²) in [6.45, 7) is 10.1. The highest BCUT2D eigenvalue weighted by molar-refractivity contribution is 6.73. The van der Waals surface area contributed by atoms with Crippen LogP contribution >= 0.6 is 0 Å². The summed E-state index contributed by atoms with van der Waals surface area (Å²) in [6, 6.07) is 2.78. The average molecular weight is 489 g/mol. The molecular formula is C24H44O8Si. The molecular weight excluding hydrogens is 444 g/mol. The fourth-order valence-electron chi connectivity index (χ4n) is 4.73. The molecule has 0 aliphatic carbocycles. The van der Waals surface area contributed by atoms with E-state index in [1.54, 1.807) is 13.2 Å². The fraction of sp³-hybridized carbons (Fsp3) is 0.833. The molecule has 33 heavy (non-hydrogen) atoms. The lowest BCUT2D eigenvalue weighted by Crippen LogP contribution is -2.70. The van der Waals surface area contributed by atoms with E-state index in [0.717, 1.165) is 18.1 Å². The number of hydrogen-bond donors (Lipinski definition) is 1. The second-order valence-electron chi connectivity index (χ2n) is 9.20. The summed E-state index contributed by atoms with van der Waals surface area (Å²) < 4.78 is 30.3. The first-order chi connectivity index (χ1) is 15.6. The van der Waals surface area contributed by atoms with E-state index in [4.69, 9.17) is 18.6 Å². The molecule has 8 nitrogen and oxygen atoms in total. The van der Waals surface area contributed by atoms with Crippen LogP contribution in [0.2, 0.25) is 18.1 Å². The van der Waals surface area contributed by atoms with Gasteiger partial charge in [-0.2, -0.15) is 0 Å². The Morgan fingerprint density at radius 2 is 1.82 bits per heavy atom. The maximum Gasteiger partial charge on any atom is 0.330 e. The first-order valence-corrected chi connectivity index (χ1v) is 14.4. The van der Waals surface area contributed by atoms with E-state index in [1.807, 2.05) is 13.8 Å². The third-order valence-electron chi connectivity index (χ3n) is 7.37. The van der Waals surface area contributed by atoms with Gasteiger partial charge in [0, 0.05) is 38.6 Å². The predicted molar refractivity (Wildman–Crippen MR) is 128 cm³/mol. The van der Waals surface area contributed by atoms with Gasteiger partial charge in [0.15, 0.2) is 8.32 Å². The van der Waals surface area contributed by atoms with Crippen molar-refractivity contribution in [3.63, 3.8) is 0 Å². The van der Waals surface area contributed by atoms with Crippen molar-refractivity contribution in [3.8, 4) is 0 Å². The zero-order chi connectivity index (χ0) is 25.3. The van der Waals surface area contributed by atoms with Crippen molar-refractivity contribution in [1.29, 1.82) is 0 Å². The van der Waals surface area contributed by atoms with E-state index in [-0.39, 0.29) is 18.6 Å². The average Bonchev–Trinajstić information content (AvgIpc) is 2.82. The Labute approximate surface area is 200 Å². The van der Waals surface area contributed by atoms with Gasteiger partial charge in [-0.25, -0.2) is 4.79 Å². The van der Waals surface area contributed by atoms with Gasteiger partial charge in [-0.15, -0.1) is 0 Å². The molecule has 1 fully saturated rings. The van der Waals surface area contributed by atoms with Crippen molar-refractivity contribution in [3.05, 3.63) is 12.2 Å². The topological polar surface area (TPSA) is 101 Å². The molecule has 1 rings (SSSR count). The maximum atomic E-state index is 11.5. The predicted octanol–water partition coefficient (Wildman–Crippen LogP) is 3.62. The molecule has 1 aliphatic rings. The molecule has 0 radical (unpaired) electrons. The maximum absolute atomic E-state index is 11.5. The highest BCUT2D eigenvalue weighted by Crippen LogP contribution is 2.49. The summed E-state index contributed by atoms with van der Waals surface area (Å²) in [5.41, 5.74) is -1.01. The van der Waals surface area contributed by atoms with Crippen LogP contribution in [0.1, 0.15) is 53.9 Å². The van der Waals surface area contributed by atoms with Gasteiger partial charge in [-0.05, 0) is 24.6 Å². The van der Waals surface area contributed by atoms with Crippen LogP contribution in [-0.2, 0) is 33.0 Å². The lowest BCUT2D eigenvalue weighted by molar-refractivity contribution is -0.381. The van der Waals surface area contributed by atoms with E-state index >= 15 is 0 Å². The smallest absolute Gasteiger partial charge is 0.330 e. The van der Waals surface area contributed by atoms with E-state index in [9.17, 15) is 14.7 Å². The summed E-state index contributed by atoms with van der Waals surface area (Å²) in [5.74, 6) is -1.82. The molecule has 0 saturated carbocycles. The third-order valence-corrected chi connectivity index (χ3v) is 12.0. The normalized spacial score (nSPS) is 27.5. The standard InChI is InChI=1S/C24H44O8Si/c1-9-33(10-2,11-3)32-22-19(28-6)17-18(13-12-14-21(27)29-7)31-24(22,30-8)23(4,5)20(26)15-16-25/h12,14,16,18-20,22,26H,9-11,13,15,17H2,1-8H3/b14-12+/t18-,19+,20-,22+,24-/m0/s1. The first kappa shape index (κ1) is 29.9. The number of rotatable bonds is 14. The Morgan fingerprint density at radius 1 is 1.21 bits per heavy atom. The summed E-state index contributed by atoms with van der Waals surface area (Å²) in [4.78, 5) is 22.8. The van der Waals surface area contributed by atoms with Crippen molar-refractivity contribution in [2.24, 2.45) is 5.41 Å². The second kappa shape index (κ2) is 13.1. The molecule has 1 heterocycles. The Bertz CT molecular complexity index is 640. The van der Waals surface area contributed by atoms with Crippen LogP contribution in [0.25, 0.3) is 0 Å². The Morgan fingerprint density at radius 3 is 2.27 bits per heavy atom. The van der Waals surface area contributed by atoms with Gasteiger partial charge in [0.05, 0.1) is 25.4 Å². The molecule has 0 aromatic heterocycles. The van der Waals surface area contributed by atoms with Crippen molar-refractivity contribution in [1.82, 2.24) is 0 Å². The van der Waals surface area contributed by atoms with Crippen LogP contribution in [0.3, 0.4) is 0 Å². The summed E-state index contributed by atoms with van der Waals surface area (Å²) in [5, 5.41) is 11.0. The molecule has 0 spiro atoms. The summed E-state index contributed by atoms with van der Waals surface area (Å²) in [7, 11) is 2.37. The van der Waals surface area contributed by atoms with Crippen LogP contribution in [-0.4, -0.2) is 77.2 Å². The number of aliphatic hydroxyl groups is 1. The minimum Gasteiger partial charge on any atom is -0.466 e. The zero-order valence-electron chi connectivity index (χ0n) is 21.6. The number of esters is 1. The number of carbonyl (C=O) groups excluding carboxylic acids is 2. The van der Waals surface area contributed by atoms with Crippen molar-refractivity contribution in [2.75, 3.05) is 21.3 Å². The first-order valence-electron chi connectivity index (χ1n) is 11.9. The van der Waals surface area contributed by atoms with Crippen molar-refractivity contribution in [2.45, 2.75) is 102 Å². The molecule has 1 N–H and O–H groups in total. The van der Waals surface area contributed by atoms with E-state index < -0.39 is 37.7 Å². The second-order valence-corrected chi connectivity index (χ2v) is 13.9. The number of aldehydes is 1.